The summed E-state index contributed by atoms with van der Waals surface area (Å²) in [6, 6.07) is 7.32. The highest BCUT2D eigenvalue weighted by atomic mass is 32.2. The first-order valence-electron chi connectivity index (χ1n) is 17.3. The fraction of sp³-hybridized carbons (Fsp3) is 0.611. The topological polar surface area (TPSA) is 85.1 Å². The molecule has 2 aromatic carbocycles. The zero-order chi connectivity index (χ0) is 34.8. The Labute approximate surface area is 287 Å². The summed E-state index contributed by atoms with van der Waals surface area (Å²) in [6.45, 7) is 16.9. The van der Waals surface area contributed by atoms with E-state index in [4.69, 9.17) is 4.42 Å². The van der Waals surface area contributed by atoms with Gasteiger partial charge in [-0.25, -0.2) is 9.78 Å². The number of benzene rings is 2. The third kappa shape index (κ3) is 10.5. The van der Waals surface area contributed by atoms with Gasteiger partial charge in [-0.05, 0) is 53.6 Å². The van der Waals surface area contributed by atoms with Crippen LogP contribution in [0.3, 0.4) is 0 Å². The van der Waals surface area contributed by atoms with Gasteiger partial charge in [0.2, 0.25) is 0 Å². The van der Waals surface area contributed by atoms with Crippen molar-refractivity contribution < 1.29 is 27.5 Å². The zero-order valence-corrected chi connectivity index (χ0v) is 29.9. The Hall–Kier alpha value is -2.96. The molecule has 3 aromatic rings. The Morgan fingerprint density at radius 1 is 0.979 bits per heavy atom. The second-order valence-corrected chi connectivity index (χ2v) is 14.3. The van der Waals surface area contributed by atoms with Crippen molar-refractivity contribution in [1.82, 2.24) is 19.7 Å². The molecule has 0 bridgehead atoms. The molecule has 0 radical (unpaired) electrons. The number of hydrogen-bond donors (Lipinski definition) is 2. The maximum atomic E-state index is 13.8. The molecule has 1 aliphatic heterocycles. The lowest BCUT2D eigenvalue weighted by atomic mass is 9.92. The third-order valence-electron chi connectivity index (χ3n) is 8.96. The van der Waals surface area contributed by atoms with Crippen molar-refractivity contribution in [1.29, 1.82) is 0 Å². The standard InChI is InChI=1S/C36H52F3N5O3S/c1-6-7-8-9-10-14-44(34(46)41-32-28(25(2)3)23-27(45)24-29(32)26(4)5)20-19-42-15-17-43(18-16-42)21-22-48-35-40-31-13-11-12-30(33(31)47-35)36(37,38)39/h11-13,23-26,45H,6-10,14-22H2,1-5H3,(H,41,46). The summed E-state index contributed by atoms with van der Waals surface area (Å²) >= 11 is 1.33. The number of anilines is 1. The van der Waals surface area contributed by atoms with Gasteiger partial charge in [-0.1, -0.05) is 78.1 Å². The van der Waals surface area contributed by atoms with Crippen molar-refractivity contribution in [3.8, 4) is 5.75 Å². The molecule has 2 heterocycles. The SMILES string of the molecule is CCCCCCCN(CCN1CCN(CCSc2nc3cccc(C(F)(F)F)c3o2)CC1)C(=O)Nc1c(C(C)C)cc(O)cc1C(C)C. The lowest BCUT2D eigenvalue weighted by Crippen LogP contribution is -2.49. The van der Waals surface area contributed by atoms with E-state index in [1.54, 1.807) is 12.1 Å². The van der Waals surface area contributed by atoms with Gasteiger partial charge in [0.25, 0.3) is 5.22 Å². The van der Waals surface area contributed by atoms with Gasteiger partial charge in [-0.2, -0.15) is 13.2 Å². The number of carbonyl (C=O) groups excluding carboxylic acids is 1. The number of aromatic hydroxyl groups is 1. The van der Waals surface area contributed by atoms with Crippen LogP contribution in [0.15, 0.2) is 40.0 Å². The number of urea groups is 1. The molecule has 4 rings (SSSR count). The molecule has 0 saturated carbocycles. The number of nitrogens with one attached hydrogen (secondary N) is 1. The largest absolute Gasteiger partial charge is 0.508 e. The maximum Gasteiger partial charge on any atom is 0.420 e. The molecule has 48 heavy (non-hydrogen) atoms. The Morgan fingerprint density at radius 2 is 1.60 bits per heavy atom. The first-order chi connectivity index (χ1) is 22.9. The summed E-state index contributed by atoms with van der Waals surface area (Å²) in [5.74, 6) is 1.16. The highest BCUT2D eigenvalue weighted by Gasteiger charge is 2.34. The van der Waals surface area contributed by atoms with Crippen LogP contribution in [0.5, 0.6) is 5.75 Å². The van der Waals surface area contributed by atoms with Crippen LogP contribution in [0.25, 0.3) is 11.1 Å². The predicted molar refractivity (Wildman–Crippen MR) is 188 cm³/mol. The predicted octanol–water partition coefficient (Wildman–Crippen LogP) is 9.01. The monoisotopic (exact) mass is 691 g/mol. The fourth-order valence-corrected chi connectivity index (χ4v) is 6.94. The summed E-state index contributed by atoms with van der Waals surface area (Å²) in [6.07, 6.45) is 1.10. The van der Waals surface area contributed by atoms with Crippen LogP contribution in [0.2, 0.25) is 0 Å². The van der Waals surface area contributed by atoms with E-state index in [2.05, 4.69) is 54.7 Å². The molecule has 266 valence electrons. The zero-order valence-electron chi connectivity index (χ0n) is 29.0. The molecule has 1 aromatic heterocycles. The first kappa shape index (κ1) is 37.9. The van der Waals surface area contributed by atoms with Crippen LogP contribution in [-0.4, -0.2) is 88.9 Å². The minimum atomic E-state index is -4.49. The van der Waals surface area contributed by atoms with Crippen molar-refractivity contribution in [2.24, 2.45) is 0 Å². The van der Waals surface area contributed by atoms with Crippen molar-refractivity contribution in [2.45, 2.75) is 90.0 Å². The van der Waals surface area contributed by atoms with Gasteiger partial charge in [-0.3, -0.25) is 9.80 Å². The highest BCUT2D eigenvalue weighted by molar-refractivity contribution is 7.99. The number of hydrogen-bond acceptors (Lipinski definition) is 7. The van der Waals surface area contributed by atoms with Crippen LogP contribution < -0.4 is 5.32 Å². The number of halogens is 3. The number of rotatable bonds is 16. The lowest BCUT2D eigenvalue weighted by Gasteiger charge is -2.36. The molecule has 1 saturated heterocycles. The molecular weight excluding hydrogens is 639 g/mol. The number of amides is 2. The smallest absolute Gasteiger partial charge is 0.420 e. The lowest BCUT2D eigenvalue weighted by molar-refractivity contribution is -0.136. The van der Waals surface area contributed by atoms with Gasteiger partial charge in [0.1, 0.15) is 16.8 Å². The Kier molecular flexibility index (Phi) is 13.9. The molecule has 1 fully saturated rings. The van der Waals surface area contributed by atoms with E-state index in [9.17, 15) is 23.1 Å². The first-order valence-corrected chi connectivity index (χ1v) is 18.3. The maximum absolute atomic E-state index is 13.8. The molecule has 12 heteroatoms. The second kappa shape index (κ2) is 17.6. The summed E-state index contributed by atoms with van der Waals surface area (Å²) in [5.41, 5.74) is 1.88. The molecule has 0 unspecified atom stereocenters. The number of piperazine rings is 1. The van der Waals surface area contributed by atoms with Gasteiger partial charge in [0.05, 0.1) is 0 Å². The summed E-state index contributed by atoms with van der Waals surface area (Å²) in [5, 5.41) is 13.9. The normalized spacial score (nSPS) is 14.8. The van der Waals surface area contributed by atoms with Crippen LogP contribution >= 0.6 is 11.8 Å². The Bertz CT molecular complexity index is 1440. The summed E-state index contributed by atoms with van der Waals surface area (Å²) in [7, 11) is 0. The Balaban J connectivity index is 1.30. The number of para-hydroxylation sites is 1. The number of phenolic OH excluding ortho intramolecular Hbond substituents is 1. The number of unbranched alkanes of at least 4 members (excludes halogenated alkanes) is 4. The van der Waals surface area contributed by atoms with Gasteiger partial charge in [0.15, 0.2) is 5.58 Å². The van der Waals surface area contributed by atoms with Crippen molar-refractivity contribution in [3.05, 3.63) is 47.0 Å². The van der Waals surface area contributed by atoms with E-state index in [0.29, 0.717) is 18.8 Å². The summed E-state index contributed by atoms with van der Waals surface area (Å²) < 4.78 is 45.5. The molecule has 0 aliphatic carbocycles. The minimum absolute atomic E-state index is 0.0998. The molecule has 2 N–H and O–H groups in total. The van der Waals surface area contributed by atoms with Crippen LogP contribution in [0, 0.1) is 0 Å². The van der Waals surface area contributed by atoms with Crippen LogP contribution in [-0.2, 0) is 6.18 Å². The van der Waals surface area contributed by atoms with Gasteiger partial charge in [0, 0.05) is 63.8 Å². The van der Waals surface area contributed by atoms with Crippen molar-refractivity contribution in [2.75, 3.05) is 63.4 Å². The van der Waals surface area contributed by atoms with Gasteiger partial charge >= 0.3 is 12.2 Å². The van der Waals surface area contributed by atoms with Crippen molar-refractivity contribution in [3.63, 3.8) is 0 Å². The molecule has 1 aliphatic rings. The number of fused-ring (bicyclic) bond motifs is 1. The number of oxazole rings is 1. The van der Waals surface area contributed by atoms with E-state index in [0.717, 1.165) is 75.0 Å². The van der Waals surface area contributed by atoms with Gasteiger partial charge in [-0.15, -0.1) is 0 Å². The van der Waals surface area contributed by atoms with Crippen LogP contribution in [0.4, 0.5) is 23.7 Å². The number of aromatic nitrogens is 1. The van der Waals surface area contributed by atoms with E-state index >= 15 is 0 Å². The number of nitrogens with zero attached hydrogens (tertiary/aromatic N) is 4. The third-order valence-corrected chi connectivity index (χ3v) is 9.77. The second-order valence-electron chi connectivity index (χ2n) is 13.3. The fourth-order valence-electron chi connectivity index (χ4n) is 6.11. The van der Waals surface area contributed by atoms with Crippen molar-refractivity contribution >= 4 is 34.6 Å². The molecule has 8 nitrogen and oxygen atoms in total. The molecule has 2 amide bonds. The molecular formula is C36H52F3N5O3S. The van der Waals surface area contributed by atoms with Crippen LogP contribution in [0.1, 0.15) is 95.2 Å². The minimum Gasteiger partial charge on any atom is -0.508 e. The van der Waals surface area contributed by atoms with E-state index < -0.39 is 11.7 Å². The quantitative estimate of drug-likeness (QED) is 0.0881. The number of alkyl halides is 3. The van der Waals surface area contributed by atoms with E-state index in [-0.39, 0.29) is 39.9 Å². The summed E-state index contributed by atoms with van der Waals surface area (Å²) in [4.78, 5) is 24.7. The number of phenols is 1. The van der Waals surface area contributed by atoms with E-state index in [1.807, 2.05) is 4.90 Å². The Morgan fingerprint density at radius 3 is 2.21 bits per heavy atom. The highest BCUT2D eigenvalue weighted by Crippen LogP contribution is 2.37. The molecule has 0 atom stereocenters. The average Bonchev–Trinajstić information content (AvgIpc) is 3.46. The molecule has 0 spiro atoms. The van der Waals surface area contributed by atoms with E-state index in [1.165, 1.54) is 43.2 Å². The number of carbonyl (C=O) groups is 1. The van der Waals surface area contributed by atoms with Gasteiger partial charge < -0.3 is 19.7 Å². The average molecular weight is 692 g/mol. The number of thioether (sulfide) groups is 1.